The zero-order valence-corrected chi connectivity index (χ0v) is 20.3. The van der Waals surface area contributed by atoms with Gasteiger partial charge in [-0.05, 0) is 93.4 Å². The quantitative estimate of drug-likeness (QED) is 0.259. The van der Waals surface area contributed by atoms with Crippen molar-refractivity contribution in [3.63, 3.8) is 0 Å². The van der Waals surface area contributed by atoms with Gasteiger partial charge in [-0.2, -0.15) is 0 Å². The van der Waals surface area contributed by atoms with Crippen molar-refractivity contribution in [3.8, 4) is 0 Å². The van der Waals surface area contributed by atoms with E-state index in [4.69, 9.17) is 21.4 Å². The fourth-order valence-corrected chi connectivity index (χ4v) is 9.16. The van der Waals surface area contributed by atoms with Crippen molar-refractivity contribution in [3.05, 3.63) is 11.6 Å². The summed E-state index contributed by atoms with van der Waals surface area (Å²) in [5, 5.41) is 0. The molecule has 4 bridgehead atoms. The van der Waals surface area contributed by atoms with E-state index >= 15 is 0 Å². The number of ether oxygens (including phenoxy) is 1. The third-order valence-electron chi connectivity index (χ3n) is 7.65. The lowest BCUT2D eigenvalue weighted by Gasteiger charge is -2.50. The van der Waals surface area contributed by atoms with E-state index in [1.807, 2.05) is 6.26 Å². The molecule has 0 amide bonds. The number of rotatable bonds is 6. The minimum Gasteiger partial charge on any atom is -0.475 e. The maximum atomic E-state index is 7.11. The Balaban J connectivity index is 1.82. The van der Waals surface area contributed by atoms with E-state index in [0.717, 1.165) is 23.1 Å². The molecule has 0 unspecified atom stereocenters. The second-order valence-corrected chi connectivity index (χ2v) is 14.9. The highest BCUT2D eigenvalue weighted by molar-refractivity contribution is 8.22. The Morgan fingerprint density at radius 3 is 2.48 bits per heavy atom. The summed E-state index contributed by atoms with van der Waals surface area (Å²) in [6.45, 7) is 7.07. The van der Waals surface area contributed by atoms with Crippen molar-refractivity contribution in [2.24, 2.45) is 17.8 Å². The van der Waals surface area contributed by atoms with Gasteiger partial charge in [-0.25, -0.2) is 0 Å². The molecule has 0 aromatic rings. The molecule has 0 aromatic carbocycles. The molecule has 2 nitrogen and oxygen atoms in total. The molecule has 0 heterocycles. The summed E-state index contributed by atoms with van der Waals surface area (Å²) in [6, 6.07) is 3.76. The highest BCUT2D eigenvalue weighted by atomic mass is 32.2. The van der Waals surface area contributed by atoms with E-state index in [0.29, 0.717) is 24.0 Å². The third kappa shape index (κ3) is 4.84. The van der Waals surface area contributed by atoms with E-state index in [2.05, 4.69) is 26.8 Å². The van der Waals surface area contributed by atoms with Gasteiger partial charge in [-0.3, -0.25) is 0 Å². The van der Waals surface area contributed by atoms with Crippen molar-refractivity contribution in [2.75, 3.05) is 6.26 Å². The Labute approximate surface area is 177 Å². The summed E-state index contributed by atoms with van der Waals surface area (Å²) in [7, 11) is -1.57. The predicted octanol–water partition coefficient (Wildman–Crippen LogP) is 6.96. The van der Waals surface area contributed by atoms with Gasteiger partial charge in [0.1, 0.15) is 6.10 Å². The summed E-state index contributed by atoms with van der Waals surface area (Å²) < 4.78 is 14.0. The summed E-state index contributed by atoms with van der Waals surface area (Å²) >= 11 is 6.95. The molecule has 0 N–H and O–H groups in total. The number of thioether (sulfide) groups is 1. The Hall–Kier alpha value is 0.157. The average molecular weight is 427 g/mol. The number of thiocarbonyl (C=S) groups is 1. The highest BCUT2D eigenvalue weighted by Crippen LogP contribution is 2.50. The first-order valence-corrected chi connectivity index (χ1v) is 15.3. The van der Waals surface area contributed by atoms with Crippen molar-refractivity contribution >= 4 is 36.7 Å². The zero-order chi connectivity index (χ0) is 19.4. The Morgan fingerprint density at radius 2 is 1.81 bits per heavy atom. The first-order chi connectivity index (χ1) is 13.1. The maximum Gasteiger partial charge on any atom is 0.219 e. The van der Waals surface area contributed by atoms with Gasteiger partial charge in [0.15, 0.2) is 8.32 Å². The summed E-state index contributed by atoms with van der Waals surface area (Å²) in [5.41, 5.74) is 1.76. The van der Waals surface area contributed by atoms with Crippen LogP contribution in [0.1, 0.15) is 65.7 Å². The molecule has 0 aromatic heterocycles. The average Bonchev–Trinajstić information content (AvgIpc) is 2.70. The van der Waals surface area contributed by atoms with E-state index in [1.165, 1.54) is 50.2 Å². The van der Waals surface area contributed by atoms with Crippen LogP contribution in [0.25, 0.3) is 0 Å². The van der Waals surface area contributed by atoms with Gasteiger partial charge < -0.3 is 9.16 Å². The lowest BCUT2D eigenvalue weighted by atomic mass is 9.62. The normalized spacial score (nSPS) is 33.6. The molecule has 0 saturated heterocycles. The largest absolute Gasteiger partial charge is 0.475 e. The molecule has 3 aliphatic carbocycles. The van der Waals surface area contributed by atoms with Crippen LogP contribution in [0.3, 0.4) is 0 Å². The monoisotopic (exact) mass is 426 g/mol. The fourth-order valence-electron chi connectivity index (χ4n) is 5.88. The minimum absolute atomic E-state index is 0.309. The molecule has 5 heteroatoms. The molecule has 2 fully saturated rings. The van der Waals surface area contributed by atoms with Gasteiger partial charge in [0.2, 0.25) is 4.38 Å². The first kappa shape index (κ1) is 21.9. The van der Waals surface area contributed by atoms with E-state index in [1.54, 1.807) is 17.3 Å². The molecule has 154 valence electrons. The molecule has 27 heavy (non-hydrogen) atoms. The fraction of sp³-hybridized carbons (Fsp3) is 0.864. The van der Waals surface area contributed by atoms with Crippen LogP contribution in [0.15, 0.2) is 11.6 Å². The summed E-state index contributed by atoms with van der Waals surface area (Å²) in [4.78, 5) is 0. The first-order valence-electron chi connectivity index (χ1n) is 11.2. The van der Waals surface area contributed by atoms with Crippen LogP contribution in [0.4, 0.5) is 0 Å². The van der Waals surface area contributed by atoms with Gasteiger partial charge in [0.05, 0.1) is 6.10 Å². The third-order valence-corrected chi connectivity index (χ3v) is 13.3. The van der Waals surface area contributed by atoms with Crippen LogP contribution >= 0.6 is 24.0 Å². The van der Waals surface area contributed by atoms with Crippen LogP contribution in [-0.2, 0) is 9.16 Å². The minimum atomic E-state index is -1.57. The lowest BCUT2D eigenvalue weighted by molar-refractivity contribution is 0.0219. The molecule has 3 rings (SSSR count). The van der Waals surface area contributed by atoms with Gasteiger partial charge in [0.25, 0.3) is 0 Å². The topological polar surface area (TPSA) is 18.5 Å². The Morgan fingerprint density at radius 1 is 1.11 bits per heavy atom. The van der Waals surface area contributed by atoms with Crippen molar-refractivity contribution in [1.82, 2.24) is 0 Å². The van der Waals surface area contributed by atoms with E-state index < -0.39 is 8.32 Å². The summed E-state index contributed by atoms with van der Waals surface area (Å²) in [5.74, 6) is 2.11. The SMILES string of the molecule is CC[Si](CC)(CC)O[C@H]1CC[C@H]2CC[C@H](OC(=S)SC)C[C@H]3CCC=C2[C@@H]31. The molecule has 2 saturated carbocycles. The molecule has 3 aliphatic rings. The van der Waals surface area contributed by atoms with Gasteiger partial charge in [0, 0.05) is 5.92 Å². The second kappa shape index (κ2) is 9.77. The van der Waals surface area contributed by atoms with Gasteiger partial charge in [-0.1, -0.05) is 44.2 Å². The second-order valence-electron chi connectivity index (χ2n) is 8.75. The maximum absolute atomic E-state index is 7.11. The number of allylic oxidation sites excluding steroid dienone is 1. The molecular weight excluding hydrogens is 388 g/mol. The van der Waals surface area contributed by atoms with E-state index in [9.17, 15) is 0 Å². The Kier molecular flexibility index (Phi) is 7.91. The molecular formula is C22H38O2S2Si. The van der Waals surface area contributed by atoms with Crippen LogP contribution in [0, 0.1) is 17.8 Å². The lowest BCUT2D eigenvalue weighted by Crippen LogP contribution is -2.49. The smallest absolute Gasteiger partial charge is 0.219 e. The van der Waals surface area contributed by atoms with Gasteiger partial charge in [-0.15, -0.1) is 0 Å². The standard InChI is InChI=1S/C22H38O2S2Si/c1-5-27(6-2,7-3)24-20-14-12-16-11-13-18(23-22(25)26-4)15-17-9-8-10-19(16)21(17)20/h10,16-18,20-21H,5-9,11-15H2,1-4H3/t16-,17-,18+,20+,21-/m1/s1. The molecule has 0 spiro atoms. The predicted molar refractivity (Wildman–Crippen MR) is 124 cm³/mol. The van der Waals surface area contributed by atoms with Crippen LogP contribution in [-0.4, -0.2) is 31.2 Å². The number of hydrogen-bond acceptors (Lipinski definition) is 4. The van der Waals surface area contributed by atoms with Crippen LogP contribution in [0.5, 0.6) is 0 Å². The van der Waals surface area contributed by atoms with Crippen LogP contribution in [0.2, 0.25) is 18.1 Å². The molecule has 5 atom stereocenters. The van der Waals surface area contributed by atoms with Crippen molar-refractivity contribution < 1.29 is 9.16 Å². The zero-order valence-electron chi connectivity index (χ0n) is 17.7. The van der Waals surface area contributed by atoms with Crippen LogP contribution < -0.4 is 0 Å². The van der Waals surface area contributed by atoms with Gasteiger partial charge >= 0.3 is 0 Å². The number of hydrogen-bond donors (Lipinski definition) is 0. The van der Waals surface area contributed by atoms with Crippen molar-refractivity contribution in [1.29, 1.82) is 0 Å². The Bertz CT molecular complexity index is 538. The molecule has 0 radical (unpaired) electrons. The summed E-state index contributed by atoms with van der Waals surface area (Å²) in [6.07, 6.45) is 14.1. The van der Waals surface area contributed by atoms with Crippen molar-refractivity contribution in [2.45, 2.75) is 96.1 Å². The molecule has 0 aliphatic heterocycles. The highest BCUT2D eigenvalue weighted by Gasteiger charge is 2.46. The van der Waals surface area contributed by atoms with E-state index in [-0.39, 0.29) is 0 Å².